The van der Waals surface area contributed by atoms with E-state index >= 15 is 0 Å². The summed E-state index contributed by atoms with van der Waals surface area (Å²) in [6.07, 6.45) is 0.540. The standard InChI is InChI=1S/C10H12ClNO2/c1-2-9(10(13)14)12-8-5-3-7(11)4-6-8/h3-6,9,12H,2H2,1H3,(H,13,14)/t9-/m1/s1. The topological polar surface area (TPSA) is 49.3 Å². The van der Waals surface area contributed by atoms with Gasteiger partial charge in [-0.05, 0) is 30.7 Å². The second-order valence-corrected chi connectivity index (χ2v) is 3.39. The zero-order chi connectivity index (χ0) is 10.6. The summed E-state index contributed by atoms with van der Waals surface area (Å²) in [4.78, 5) is 10.7. The molecule has 0 aliphatic rings. The molecule has 0 unspecified atom stereocenters. The lowest BCUT2D eigenvalue weighted by molar-refractivity contribution is -0.137. The van der Waals surface area contributed by atoms with Crippen molar-refractivity contribution in [2.24, 2.45) is 0 Å². The van der Waals surface area contributed by atoms with Crippen molar-refractivity contribution >= 4 is 23.3 Å². The highest BCUT2D eigenvalue weighted by Crippen LogP contribution is 2.14. The molecule has 3 nitrogen and oxygen atoms in total. The largest absolute Gasteiger partial charge is 0.480 e. The first-order valence-corrected chi connectivity index (χ1v) is 4.76. The fraction of sp³-hybridized carbons (Fsp3) is 0.300. The minimum Gasteiger partial charge on any atom is -0.480 e. The van der Waals surface area contributed by atoms with Crippen LogP contribution in [0, 0.1) is 0 Å². The molecule has 0 spiro atoms. The van der Waals surface area contributed by atoms with Crippen molar-refractivity contribution < 1.29 is 9.90 Å². The van der Waals surface area contributed by atoms with Gasteiger partial charge in [0.15, 0.2) is 0 Å². The number of aliphatic carboxylic acids is 1. The van der Waals surface area contributed by atoms with Crippen LogP contribution >= 0.6 is 11.6 Å². The lowest BCUT2D eigenvalue weighted by atomic mass is 10.2. The number of carboxylic acid groups (broad SMARTS) is 1. The maximum Gasteiger partial charge on any atom is 0.326 e. The van der Waals surface area contributed by atoms with Crippen LogP contribution in [-0.4, -0.2) is 17.1 Å². The predicted octanol–water partition coefficient (Wildman–Crippen LogP) is 2.62. The molecule has 0 saturated carbocycles. The van der Waals surface area contributed by atoms with Crippen LogP contribution in [0.15, 0.2) is 24.3 Å². The Morgan fingerprint density at radius 3 is 2.50 bits per heavy atom. The molecule has 4 heteroatoms. The van der Waals surface area contributed by atoms with E-state index in [2.05, 4.69) is 5.32 Å². The van der Waals surface area contributed by atoms with Gasteiger partial charge in [0.2, 0.25) is 0 Å². The Labute approximate surface area is 87.7 Å². The van der Waals surface area contributed by atoms with Gasteiger partial charge in [-0.3, -0.25) is 0 Å². The van der Waals surface area contributed by atoms with Crippen molar-refractivity contribution in [1.82, 2.24) is 0 Å². The monoisotopic (exact) mass is 213 g/mol. The summed E-state index contributed by atoms with van der Waals surface area (Å²) in [6, 6.07) is 6.41. The summed E-state index contributed by atoms with van der Waals surface area (Å²) in [7, 11) is 0. The van der Waals surface area contributed by atoms with Gasteiger partial charge in [-0.2, -0.15) is 0 Å². The number of hydrogen-bond acceptors (Lipinski definition) is 2. The summed E-state index contributed by atoms with van der Waals surface area (Å²) in [5, 5.41) is 12.3. The molecule has 1 aromatic rings. The Bertz CT molecular complexity index is 310. The lowest BCUT2D eigenvalue weighted by Crippen LogP contribution is -2.28. The molecule has 0 radical (unpaired) electrons. The second kappa shape index (κ2) is 4.86. The molecule has 0 bridgehead atoms. The molecular formula is C10H12ClNO2. The third-order valence-electron chi connectivity index (χ3n) is 1.89. The van der Waals surface area contributed by atoms with Gasteiger partial charge in [0.25, 0.3) is 0 Å². The molecule has 1 aromatic carbocycles. The second-order valence-electron chi connectivity index (χ2n) is 2.95. The zero-order valence-electron chi connectivity index (χ0n) is 7.83. The summed E-state index contributed by atoms with van der Waals surface area (Å²) in [5.41, 5.74) is 0.767. The molecule has 2 N–H and O–H groups in total. The van der Waals surface area contributed by atoms with E-state index in [1.54, 1.807) is 24.3 Å². The van der Waals surface area contributed by atoms with Gasteiger partial charge in [0, 0.05) is 10.7 Å². The molecular weight excluding hydrogens is 202 g/mol. The van der Waals surface area contributed by atoms with Crippen molar-refractivity contribution in [3.63, 3.8) is 0 Å². The fourth-order valence-electron chi connectivity index (χ4n) is 1.09. The van der Waals surface area contributed by atoms with E-state index in [1.807, 2.05) is 6.92 Å². The Kier molecular flexibility index (Phi) is 3.77. The quantitative estimate of drug-likeness (QED) is 0.809. The van der Waals surface area contributed by atoms with Crippen molar-refractivity contribution in [2.45, 2.75) is 19.4 Å². The van der Waals surface area contributed by atoms with Crippen molar-refractivity contribution in [1.29, 1.82) is 0 Å². The average Bonchev–Trinajstić information content (AvgIpc) is 2.16. The van der Waals surface area contributed by atoms with Crippen LogP contribution in [0.3, 0.4) is 0 Å². The fourth-order valence-corrected chi connectivity index (χ4v) is 1.21. The Morgan fingerprint density at radius 2 is 2.07 bits per heavy atom. The lowest BCUT2D eigenvalue weighted by Gasteiger charge is -2.13. The highest BCUT2D eigenvalue weighted by molar-refractivity contribution is 6.30. The summed E-state index contributed by atoms with van der Waals surface area (Å²) in [5.74, 6) is -0.845. The van der Waals surface area contributed by atoms with Crippen LogP contribution in [0.1, 0.15) is 13.3 Å². The molecule has 0 saturated heterocycles. The molecule has 0 amide bonds. The maximum absolute atomic E-state index is 10.7. The molecule has 0 aromatic heterocycles. The van der Waals surface area contributed by atoms with Crippen LogP contribution in [0.4, 0.5) is 5.69 Å². The van der Waals surface area contributed by atoms with E-state index in [-0.39, 0.29) is 0 Å². The maximum atomic E-state index is 10.7. The van der Waals surface area contributed by atoms with Crippen LogP contribution in [0.2, 0.25) is 5.02 Å². The number of benzene rings is 1. The average molecular weight is 214 g/mol. The first-order chi connectivity index (χ1) is 6.63. The van der Waals surface area contributed by atoms with E-state index in [0.29, 0.717) is 11.4 Å². The number of halogens is 1. The number of carbonyl (C=O) groups is 1. The molecule has 1 atom stereocenters. The predicted molar refractivity (Wildman–Crippen MR) is 56.8 cm³/mol. The summed E-state index contributed by atoms with van der Waals surface area (Å²) >= 11 is 5.70. The van der Waals surface area contributed by atoms with Crippen LogP contribution in [0.25, 0.3) is 0 Å². The molecule has 1 rings (SSSR count). The van der Waals surface area contributed by atoms with Gasteiger partial charge in [-0.1, -0.05) is 18.5 Å². The summed E-state index contributed by atoms with van der Waals surface area (Å²) < 4.78 is 0. The van der Waals surface area contributed by atoms with Gasteiger partial charge < -0.3 is 10.4 Å². The highest BCUT2D eigenvalue weighted by atomic mass is 35.5. The molecule has 0 heterocycles. The van der Waals surface area contributed by atoms with Crippen molar-refractivity contribution in [2.75, 3.05) is 5.32 Å². The molecule has 14 heavy (non-hydrogen) atoms. The van der Waals surface area contributed by atoms with E-state index in [1.165, 1.54) is 0 Å². The van der Waals surface area contributed by atoms with Gasteiger partial charge in [0.05, 0.1) is 0 Å². The van der Waals surface area contributed by atoms with E-state index in [0.717, 1.165) is 5.69 Å². The molecule has 76 valence electrons. The van der Waals surface area contributed by atoms with Gasteiger partial charge >= 0.3 is 5.97 Å². The minimum atomic E-state index is -0.845. The van der Waals surface area contributed by atoms with Crippen molar-refractivity contribution in [3.8, 4) is 0 Å². The number of anilines is 1. The Balaban J connectivity index is 2.67. The van der Waals surface area contributed by atoms with Crippen LogP contribution in [-0.2, 0) is 4.79 Å². The van der Waals surface area contributed by atoms with Crippen LogP contribution in [0.5, 0.6) is 0 Å². The van der Waals surface area contributed by atoms with E-state index < -0.39 is 12.0 Å². The normalized spacial score (nSPS) is 12.1. The Hall–Kier alpha value is -1.22. The minimum absolute atomic E-state index is 0.540. The van der Waals surface area contributed by atoms with Crippen molar-refractivity contribution in [3.05, 3.63) is 29.3 Å². The number of nitrogens with one attached hydrogen (secondary N) is 1. The van der Waals surface area contributed by atoms with Gasteiger partial charge in [0.1, 0.15) is 6.04 Å². The third-order valence-corrected chi connectivity index (χ3v) is 2.14. The van der Waals surface area contributed by atoms with E-state index in [9.17, 15) is 4.79 Å². The Morgan fingerprint density at radius 1 is 1.50 bits per heavy atom. The molecule has 0 aliphatic heterocycles. The third kappa shape index (κ3) is 2.92. The van der Waals surface area contributed by atoms with Gasteiger partial charge in [-0.25, -0.2) is 4.79 Å². The zero-order valence-corrected chi connectivity index (χ0v) is 8.58. The first-order valence-electron chi connectivity index (χ1n) is 4.38. The first kappa shape index (κ1) is 10.9. The number of carboxylic acids is 1. The van der Waals surface area contributed by atoms with Crippen LogP contribution < -0.4 is 5.32 Å². The number of hydrogen-bond donors (Lipinski definition) is 2. The number of rotatable bonds is 4. The summed E-state index contributed by atoms with van der Waals surface area (Å²) in [6.45, 7) is 1.82. The van der Waals surface area contributed by atoms with Gasteiger partial charge in [-0.15, -0.1) is 0 Å². The smallest absolute Gasteiger partial charge is 0.326 e. The molecule has 0 aliphatic carbocycles. The highest BCUT2D eigenvalue weighted by Gasteiger charge is 2.13. The van der Waals surface area contributed by atoms with E-state index in [4.69, 9.17) is 16.7 Å². The molecule has 0 fully saturated rings. The SMILES string of the molecule is CC[C@@H](Nc1ccc(Cl)cc1)C(=O)O.